The quantitative estimate of drug-likeness (QED) is 0.874. The van der Waals surface area contributed by atoms with E-state index in [1.807, 2.05) is 18.5 Å². The number of aromatic nitrogens is 2. The molecule has 0 spiro atoms. The van der Waals surface area contributed by atoms with E-state index < -0.39 is 10.0 Å². The Hall–Kier alpha value is -1.66. The van der Waals surface area contributed by atoms with Crippen LogP contribution in [0.5, 0.6) is 0 Å². The number of sulfonamides is 1. The molecule has 0 aliphatic carbocycles. The standard InChI is InChI=1S/C16H21N3O2S/c1-3-22(20,21)18-10-5-4-8-14(11-18)19-12-17-15-9-6-7-13(2)16(15)19/h3,6-7,9,12,14H,1,4-5,8,10-11H2,2H3. The van der Waals surface area contributed by atoms with E-state index in [0.717, 1.165) is 41.3 Å². The fourth-order valence-electron chi connectivity index (χ4n) is 3.19. The minimum Gasteiger partial charge on any atom is -0.326 e. The average molecular weight is 319 g/mol. The van der Waals surface area contributed by atoms with Gasteiger partial charge in [0.15, 0.2) is 0 Å². The highest BCUT2D eigenvalue weighted by Crippen LogP contribution is 2.28. The van der Waals surface area contributed by atoms with Gasteiger partial charge < -0.3 is 4.57 Å². The summed E-state index contributed by atoms with van der Waals surface area (Å²) < 4.78 is 28.0. The predicted molar refractivity (Wildman–Crippen MR) is 88.0 cm³/mol. The van der Waals surface area contributed by atoms with Crippen LogP contribution >= 0.6 is 0 Å². The molecule has 5 nitrogen and oxygen atoms in total. The van der Waals surface area contributed by atoms with E-state index in [0.29, 0.717) is 13.1 Å². The second kappa shape index (κ2) is 5.85. The highest BCUT2D eigenvalue weighted by molar-refractivity contribution is 7.92. The summed E-state index contributed by atoms with van der Waals surface area (Å²) in [5.74, 6) is 0. The molecule has 0 radical (unpaired) electrons. The maximum Gasteiger partial charge on any atom is 0.235 e. The molecule has 1 unspecified atom stereocenters. The Morgan fingerprint density at radius 3 is 2.95 bits per heavy atom. The Morgan fingerprint density at radius 2 is 2.18 bits per heavy atom. The van der Waals surface area contributed by atoms with E-state index in [4.69, 9.17) is 0 Å². The normalized spacial score (nSPS) is 20.9. The molecule has 118 valence electrons. The molecule has 1 aromatic carbocycles. The number of benzene rings is 1. The van der Waals surface area contributed by atoms with Crippen molar-refractivity contribution in [3.8, 4) is 0 Å². The van der Waals surface area contributed by atoms with Crippen molar-refractivity contribution in [3.63, 3.8) is 0 Å². The number of hydrogen-bond acceptors (Lipinski definition) is 3. The molecule has 1 aliphatic rings. The number of aryl methyl sites for hydroxylation is 1. The Bertz CT molecular complexity index is 795. The van der Waals surface area contributed by atoms with Crippen LogP contribution in [-0.4, -0.2) is 35.4 Å². The molecule has 0 N–H and O–H groups in total. The lowest BCUT2D eigenvalue weighted by atomic mass is 10.1. The van der Waals surface area contributed by atoms with Crippen molar-refractivity contribution >= 4 is 21.1 Å². The molecule has 0 saturated carbocycles. The van der Waals surface area contributed by atoms with Crippen LogP contribution in [0, 0.1) is 6.92 Å². The van der Waals surface area contributed by atoms with E-state index in [1.165, 1.54) is 0 Å². The second-order valence-electron chi connectivity index (χ2n) is 5.81. The average Bonchev–Trinajstić information content (AvgIpc) is 2.78. The van der Waals surface area contributed by atoms with E-state index >= 15 is 0 Å². The van der Waals surface area contributed by atoms with Gasteiger partial charge in [0.2, 0.25) is 10.0 Å². The first-order chi connectivity index (χ1) is 10.5. The number of rotatable bonds is 3. The third kappa shape index (κ3) is 2.68. The van der Waals surface area contributed by atoms with Gasteiger partial charge in [0.1, 0.15) is 0 Å². The monoisotopic (exact) mass is 319 g/mol. The Kier molecular flexibility index (Phi) is 4.06. The fourth-order valence-corrected chi connectivity index (χ4v) is 4.17. The molecule has 3 rings (SSSR count). The van der Waals surface area contributed by atoms with Crippen molar-refractivity contribution in [2.45, 2.75) is 32.2 Å². The second-order valence-corrected chi connectivity index (χ2v) is 7.69. The summed E-state index contributed by atoms with van der Waals surface area (Å²) in [4.78, 5) is 4.47. The maximum atomic E-state index is 12.1. The van der Waals surface area contributed by atoms with Crippen molar-refractivity contribution in [3.05, 3.63) is 42.1 Å². The molecule has 0 amide bonds. The number of nitrogens with zero attached hydrogens (tertiary/aromatic N) is 3. The van der Waals surface area contributed by atoms with E-state index in [1.54, 1.807) is 4.31 Å². The first kappa shape index (κ1) is 15.2. The number of para-hydroxylation sites is 1. The van der Waals surface area contributed by atoms with Gasteiger partial charge >= 0.3 is 0 Å². The van der Waals surface area contributed by atoms with Gasteiger partial charge in [-0.15, -0.1) is 0 Å². The fraction of sp³-hybridized carbons (Fsp3) is 0.438. The summed E-state index contributed by atoms with van der Waals surface area (Å²) in [7, 11) is -3.37. The Morgan fingerprint density at radius 1 is 1.36 bits per heavy atom. The largest absolute Gasteiger partial charge is 0.326 e. The highest BCUT2D eigenvalue weighted by Gasteiger charge is 2.27. The number of imidazole rings is 1. The lowest BCUT2D eigenvalue weighted by Crippen LogP contribution is -2.33. The Balaban J connectivity index is 2.00. The molecule has 0 bridgehead atoms. The van der Waals surface area contributed by atoms with Crippen molar-refractivity contribution in [2.24, 2.45) is 0 Å². The molecular weight excluding hydrogens is 298 g/mol. The molecule has 1 aliphatic heterocycles. The summed E-state index contributed by atoms with van der Waals surface area (Å²) >= 11 is 0. The van der Waals surface area contributed by atoms with E-state index in [-0.39, 0.29) is 6.04 Å². The van der Waals surface area contributed by atoms with Crippen LogP contribution in [0.3, 0.4) is 0 Å². The SMILES string of the molecule is C=CS(=O)(=O)N1CCCCC(n2cnc3cccc(C)c32)C1. The Labute approximate surface area is 131 Å². The summed E-state index contributed by atoms with van der Waals surface area (Å²) in [6.45, 7) is 6.55. The predicted octanol–water partition coefficient (Wildman–Crippen LogP) is 2.85. The minimum atomic E-state index is -3.37. The van der Waals surface area contributed by atoms with Crippen LogP contribution in [0.25, 0.3) is 11.0 Å². The van der Waals surface area contributed by atoms with Gasteiger partial charge in [-0.2, -0.15) is 4.31 Å². The molecule has 1 aromatic heterocycles. The zero-order valence-electron chi connectivity index (χ0n) is 12.8. The van der Waals surface area contributed by atoms with Gasteiger partial charge in [-0.25, -0.2) is 13.4 Å². The molecule has 1 saturated heterocycles. The smallest absolute Gasteiger partial charge is 0.235 e. The third-order valence-corrected chi connectivity index (χ3v) is 5.84. The molecule has 2 aromatic rings. The summed E-state index contributed by atoms with van der Waals surface area (Å²) in [6, 6.07) is 6.17. The van der Waals surface area contributed by atoms with Crippen LogP contribution in [0.4, 0.5) is 0 Å². The van der Waals surface area contributed by atoms with Gasteiger partial charge in [0.25, 0.3) is 0 Å². The zero-order chi connectivity index (χ0) is 15.7. The van der Waals surface area contributed by atoms with Crippen molar-refractivity contribution < 1.29 is 8.42 Å². The van der Waals surface area contributed by atoms with E-state index in [9.17, 15) is 8.42 Å². The highest BCUT2D eigenvalue weighted by atomic mass is 32.2. The van der Waals surface area contributed by atoms with Crippen molar-refractivity contribution in [1.82, 2.24) is 13.9 Å². The summed E-state index contributed by atoms with van der Waals surface area (Å²) in [6.07, 6.45) is 4.70. The van der Waals surface area contributed by atoms with Crippen LogP contribution in [0.2, 0.25) is 0 Å². The van der Waals surface area contributed by atoms with E-state index in [2.05, 4.69) is 29.1 Å². The van der Waals surface area contributed by atoms with Crippen molar-refractivity contribution in [2.75, 3.05) is 13.1 Å². The van der Waals surface area contributed by atoms with Crippen molar-refractivity contribution in [1.29, 1.82) is 0 Å². The molecule has 6 heteroatoms. The minimum absolute atomic E-state index is 0.114. The van der Waals surface area contributed by atoms with Crippen LogP contribution in [0.15, 0.2) is 36.5 Å². The summed E-state index contributed by atoms with van der Waals surface area (Å²) in [5, 5.41) is 1.05. The molecule has 1 fully saturated rings. The number of hydrogen-bond donors (Lipinski definition) is 0. The first-order valence-electron chi connectivity index (χ1n) is 7.57. The van der Waals surface area contributed by atoms with Crippen LogP contribution in [0.1, 0.15) is 30.9 Å². The molecule has 22 heavy (non-hydrogen) atoms. The maximum absolute atomic E-state index is 12.1. The topological polar surface area (TPSA) is 55.2 Å². The molecule has 1 atom stereocenters. The van der Waals surface area contributed by atoms with Gasteiger partial charge in [-0.1, -0.05) is 25.1 Å². The number of fused-ring (bicyclic) bond motifs is 1. The molecular formula is C16H21N3O2S. The van der Waals surface area contributed by atoms with Crippen LogP contribution < -0.4 is 0 Å². The first-order valence-corrected chi connectivity index (χ1v) is 9.08. The third-order valence-electron chi connectivity index (χ3n) is 4.37. The zero-order valence-corrected chi connectivity index (χ0v) is 13.6. The summed E-state index contributed by atoms with van der Waals surface area (Å²) in [5.41, 5.74) is 3.23. The lowest BCUT2D eigenvalue weighted by molar-refractivity contribution is 0.368. The van der Waals surface area contributed by atoms with Gasteiger partial charge in [-0.05, 0) is 31.4 Å². The van der Waals surface area contributed by atoms with Crippen LogP contribution in [-0.2, 0) is 10.0 Å². The van der Waals surface area contributed by atoms with Gasteiger partial charge in [-0.3, -0.25) is 0 Å². The van der Waals surface area contributed by atoms with Gasteiger partial charge in [0, 0.05) is 24.5 Å². The lowest BCUT2D eigenvalue weighted by Gasteiger charge is -2.24. The van der Waals surface area contributed by atoms with Gasteiger partial charge in [0.05, 0.1) is 17.4 Å². The molecule has 2 heterocycles.